The predicted molar refractivity (Wildman–Crippen MR) is 59.8 cm³/mol. The van der Waals surface area contributed by atoms with E-state index in [9.17, 15) is 4.79 Å². The number of anilines is 1. The van der Waals surface area contributed by atoms with Crippen LogP contribution in [0.2, 0.25) is 0 Å². The number of carbonyl (C=O) groups excluding carboxylic acids is 1. The molecule has 2 aromatic heterocycles. The summed E-state index contributed by atoms with van der Waals surface area (Å²) in [6, 6.07) is 5.43. The average Bonchev–Trinajstić information content (AvgIpc) is 2.66. The van der Waals surface area contributed by atoms with Gasteiger partial charge in [-0.25, -0.2) is 9.97 Å². The number of Topliss-reactive ketones (excluding diaryl/α,β-unsaturated/α-hetero) is 1. The van der Waals surface area contributed by atoms with Crippen molar-refractivity contribution in [2.45, 2.75) is 6.92 Å². The van der Waals surface area contributed by atoms with E-state index in [0.29, 0.717) is 0 Å². The lowest BCUT2D eigenvalue weighted by atomic mass is 10.3. The third kappa shape index (κ3) is 2.02. The third-order valence-electron chi connectivity index (χ3n) is 1.88. The van der Waals surface area contributed by atoms with Gasteiger partial charge in [0.25, 0.3) is 0 Å². The molecule has 0 radical (unpaired) electrons. The molecule has 76 valence electrons. The Hall–Kier alpha value is -1.75. The number of nitrogens with zero attached hydrogens (tertiary/aromatic N) is 2. The minimum atomic E-state index is 0.0632. The molecule has 5 heteroatoms. The highest BCUT2D eigenvalue weighted by atomic mass is 32.1. The number of ketones is 1. The van der Waals surface area contributed by atoms with Gasteiger partial charge in [-0.05, 0) is 25.1 Å². The Morgan fingerprint density at radius 1 is 1.40 bits per heavy atom. The van der Waals surface area contributed by atoms with Gasteiger partial charge in [0, 0.05) is 6.20 Å². The van der Waals surface area contributed by atoms with Gasteiger partial charge in [-0.15, -0.1) is 11.3 Å². The Balaban J connectivity index is 2.41. The molecule has 0 saturated heterocycles. The summed E-state index contributed by atoms with van der Waals surface area (Å²) in [6.07, 6.45) is 1.60. The van der Waals surface area contributed by atoms with Gasteiger partial charge in [-0.3, -0.25) is 4.79 Å². The Bertz CT molecular complexity index is 507. The molecular weight excluding hydrogens is 210 g/mol. The van der Waals surface area contributed by atoms with Crippen molar-refractivity contribution in [3.8, 4) is 10.6 Å². The zero-order chi connectivity index (χ0) is 10.8. The average molecular weight is 219 g/mol. The number of aromatic nitrogens is 2. The molecule has 2 heterocycles. The van der Waals surface area contributed by atoms with E-state index in [2.05, 4.69) is 9.97 Å². The molecule has 0 spiro atoms. The molecule has 2 rings (SSSR count). The molecule has 15 heavy (non-hydrogen) atoms. The van der Waals surface area contributed by atoms with Crippen molar-refractivity contribution in [2.75, 3.05) is 5.73 Å². The van der Waals surface area contributed by atoms with Gasteiger partial charge in [-0.2, -0.15) is 0 Å². The quantitative estimate of drug-likeness (QED) is 0.784. The van der Waals surface area contributed by atoms with E-state index in [1.165, 1.54) is 11.3 Å². The number of nitrogen functional groups attached to an aromatic ring is 1. The zero-order valence-electron chi connectivity index (χ0n) is 8.10. The first-order chi connectivity index (χ1) is 7.16. The van der Waals surface area contributed by atoms with Gasteiger partial charge in [0.1, 0.15) is 0 Å². The smallest absolute Gasteiger partial charge is 0.220 e. The van der Waals surface area contributed by atoms with Crippen LogP contribution in [-0.2, 0) is 0 Å². The van der Waals surface area contributed by atoms with Gasteiger partial charge < -0.3 is 5.73 Å². The monoisotopic (exact) mass is 219 g/mol. The first kappa shape index (κ1) is 9.79. The van der Waals surface area contributed by atoms with Crippen LogP contribution in [0.5, 0.6) is 0 Å². The molecule has 0 aliphatic rings. The van der Waals surface area contributed by atoms with Crippen LogP contribution in [0.25, 0.3) is 10.6 Å². The van der Waals surface area contributed by atoms with E-state index in [4.69, 9.17) is 5.73 Å². The van der Waals surface area contributed by atoms with Crippen molar-refractivity contribution in [3.63, 3.8) is 0 Å². The number of carbonyl (C=O) groups is 1. The first-order valence-electron chi connectivity index (χ1n) is 4.36. The van der Waals surface area contributed by atoms with E-state index in [-0.39, 0.29) is 11.7 Å². The van der Waals surface area contributed by atoms with Gasteiger partial charge >= 0.3 is 0 Å². The summed E-state index contributed by atoms with van der Waals surface area (Å²) >= 11 is 1.41. The zero-order valence-corrected chi connectivity index (χ0v) is 8.91. The molecule has 2 N–H and O–H groups in total. The van der Waals surface area contributed by atoms with Gasteiger partial charge in [0.05, 0.1) is 15.4 Å². The number of hydrogen-bond acceptors (Lipinski definition) is 5. The Morgan fingerprint density at radius 3 is 2.80 bits per heavy atom. The molecular formula is C10H9N3OS. The lowest BCUT2D eigenvalue weighted by Crippen LogP contribution is -1.94. The number of thiophene rings is 1. The highest BCUT2D eigenvalue weighted by Gasteiger charge is 2.07. The maximum Gasteiger partial charge on any atom is 0.220 e. The van der Waals surface area contributed by atoms with Gasteiger partial charge in [0.2, 0.25) is 5.95 Å². The number of hydrogen-bond donors (Lipinski definition) is 1. The summed E-state index contributed by atoms with van der Waals surface area (Å²) < 4.78 is 0. The lowest BCUT2D eigenvalue weighted by molar-refractivity contribution is 0.102. The van der Waals surface area contributed by atoms with Crippen molar-refractivity contribution in [1.82, 2.24) is 9.97 Å². The van der Waals surface area contributed by atoms with E-state index < -0.39 is 0 Å². The van der Waals surface area contributed by atoms with Crippen LogP contribution in [0.1, 0.15) is 16.6 Å². The Labute approximate surface area is 90.8 Å². The minimum Gasteiger partial charge on any atom is -0.368 e. The predicted octanol–water partition coefficient (Wildman–Crippen LogP) is 1.99. The third-order valence-corrected chi connectivity index (χ3v) is 3.09. The molecule has 0 aliphatic carbocycles. The second-order valence-electron chi connectivity index (χ2n) is 3.02. The second-order valence-corrected chi connectivity index (χ2v) is 4.10. The Morgan fingerprint density at radius 2 is 2.20 bits per heavy atom. The van der Waals surface area contributed by atoms with Crippen LogP contribution in [-0.4, -0.2) is 15.8 Å². The summed E-state index contributed by atoms with van der Waals surface area (Å²) in [7, 11) is 0. The molecule has 0 unspecified atom stereocenters. The van der Waals surface area contributed by atoms with Crippen molar-refractivity contribution < 1.29 is 4.79 Å². The van der Waals surface area contributed by atoms with Crippen molar-refractivity contribution in [1.29, 1.82) is 0 Å². The molecule has 0 bridgehead atoms. The summed E-state index contributed by atoms with van der Waals surface area (Å²) in [6.45, 7) is 1.55. The second kappa shape index (κ2) is 3.78. The maximum atomic E-state index is 11.1. The molecule has 0 atom stereocenters. The van der Waals surface area contributed by atoms with Crippen molar-refractivity contribution in [3.05, 3.63) is 29.3 Å². The van der Waals surface area contributed by atoms with Crippen molar-refractivity contribution >= 4 is 23.1 Å². The highest BCUT2D eigenvalue weighted by Crippen LogP contribution is 2.26. The van der Waals surface area contributed by atoms with Crippen LogP contribution >= 0.6 is 11.3 Å². The van der Waals surface area contributed by atoms with Crippen LogP contribution in [0.3, 0.4) is 0 Å². The molecule has 0 aliphatic heterocycles. The molecule has 0 aromatic carbocycles. The summed E-state index contributed by atoms with van der Waals surface area (Å²) in [5, 5.41) is 0. The van der Waals surface area contributed by atoms with Crippen LogP contribution < -0.4 is 5.73 Å². The van der Waals surface area contributed by atoms with Crippen LogP contribution in [0, 0.1) is 0 Å². The van der Waals surface area contributed by atoms with Crippen molar-refractivity contribution in [2.24, 2.45) is 0 Å². The number of rotatable bonds is 2. The summed E-state index contributed by atoms with van der Waals surface area (Å²) in [4.78, 5) is 20.7. The fourth-order valence-corrected chi connectivity index (χ4v) is 2.05. The maximum absolute atomic E-state index is 11.1. The fraction of sp³-hybridized carbons (Fsp3) is 0.100. The molecule has 0 saturated carbocycles. The first-order valence-corrected chi connectivity index (χ1v) is 5.18. The summed E-state index contributed by atoms with van der Waals surface area (Å²) in [5.41, 5.74) is 6.23. The highest BCUT2D eigenvalue weighted by molar-refractivity contribution is 7.17. The van der Waals surface area contributed by atoms with E-state index >= 15 is 0 Å². The topological polar surface area (TPSA) is 68.9 Å². The fourth-order valence-electron chi connectivity index (χ4n) is 1.18. The largest absolute Gasteiger partial charge is 0.368 e. The molecule has 0 fully saturated rings. The molecule has 0 amide bonds. The van der Waals surface area contributed by atoms with Crippen LogP contribution in [0.4, 0.5) is 5.95 Å². The standard InChI is InChI=1S/C10H9N3OS/c1-6(14)8-2-3-9(15-8)7-4-5-12-10(11)13-7/h2-5H,1H3,(H2,11,12,13). The molecule has 4 nitrogen and oxygen atoms in total. The summed E-state index contributed by atoms with van der Waals surface area (Å²) in [5.74, 6) is 0.304. The minimum absolute atomic E-state index is 0.0632. The number of nitrogens with two attached hydrogens (primary N) is 1. The van der Waals surface area contributed by atoms with Gasteiger partial charge in [0.15, 0.2) is 5.78 Å². The van der Waals surface area contributed by atoms with Gasteiger partial charge in [-0.1, -0.05) is 0 Å². The normalized spacial score (nSPS) is 10.2. The Kier molecular flexibility index (Phi) is 2.47. The lowest BCUT2D eigenvalue weighted by Gasteiger charge is -1.96. The van der Waals surface area contributed by atoms with E-state index in [1.54, 1.807) is 25.3 Å². The van der Waals surface area contributed by atoms with E-state index in [0.717, 1.165) is 15.4 Å². The van der Waals surface area contributed by atoms with Crippen LogP contribution in [0.15, 0.2) is 24.4 Å². The van der Waals surface area contributed by atoms with E-state index in [1.807, 2.05) is 6.07 Å². The SMILES string of the molecule is CC(=O)c1ccc(-c2ccnc(N)n2)s1. The molecule has 2 aromatic rings.